The molecule has 0 aromatic heterocycles. The normalized spacial score (nSPS) is 12.6. The number of ether oxygens (including phenoxy) is 2. The SMILES string of the molecule is O=C(/C=C/c1ccc2c(c1)OCCO2)NCCNc1ccccc1[N+](=O)[O-]. The van der Waals surface area contributed by atoms with Gasteiger partial charge in [-0.2, -0.15) is 0 Å². The van der Waals surface area contributed by atoms with Gasteiger partial charge >= 0.3 is 0 Å². The van der Waals surface area contributed by atoms with E-state index in [0.717, 1.165) is 5.56 Å². The second kappa shape index (κ2) is 8.70. The number of nitro benzene ring substituents is 1. The van der Waals surface area contributed by atoms with Crippen LogP contribution in [0.15, 0.2) is 48.5 Å². The Bertz CT molecular complexity index is 866. The zero-order chi connectivity index (χ0) is 19.1. The maximum Gasteiger partial charge on any atom is 0.292 e. The molecule has 1 aliphatic rings. The summed E-state index contributed by atoms with van der Waals surface area (Å²) < 4.78 is 11.0. The summed E-state index contributed by atoms with van der Waals surface area (Å²) in [6.07, 6.45) is 3.11. The van der Waals surface area contributed by atoms with Crippen molar-refractivity contribution in [1.29, 1.82) is 0 Å². The Labute approximate surface area is 155 Å². The number of nitro groups is 1. The lowest BCUT2D eigenvalue weighted by atomic mass is 10.2. The summed E-state index contributed by atoms with van der Waals surface area (Å²) in [7, 11) is 0. The van der Waals surface area contributed by atoms with Gasteiger partial charge in [0, 0.05) is 25.2 Å². The van der Waals surface area contributed by atoms with Crippen molar-refractivity contribution in [3.63, 3.8) is 0 Å². The number of nitrogens with one attached hydrogen (secondary N) is 2. The fourth-order valence-corrected chi connectivity index (χ4v) is 2.56. The molecule has 0 fully saturated rings. The zero-order valence-electron chi connectivity index (χ0n) is 14.5. The van der Waals surface area contributed by atoms with E-state index >= 15 is 0 Å². The quantitative estimate of drug-likeness (QED) is 0.337. The number of rotatable bonds is 7. The molecule has 2 aromatic rings. The van der Waals surface area contributed by atoms with Gasteiger partial charge in [-0.1, -0.05) is 18.2 Å². The fourth-order valence-electron chi connectivity index (χ4n) is 2.56. The number of para-hydroxylation sites is 2. The summed E-state index contributed by atoms with van der Waals surface area (Å²) in [5.41, 5.74) is 1.25. The van der Waals surface area contributed by atoms with Crippen molar-refractivity contribution in [3.8, 4) is 11.5 Å². The van der Waals surface area contributed by atoms with Crippen molar-refractivity contribution < 1.29 is 19.2 Å². The first kappa shape index (κ1) is 18.2. The molecule has 0 aliphatic carbocycles. The van der Waals surface area contributed by atoms with Crippen molar-refractivity contribution in [3.05, 3.63) is 64.2 Å². The van der Waals surface area contributed by atoms with E-state index < -0.39 is 4.92 Å². The van der Waals surface area contributed by atoms with Gasteiger partial charge in [-0.15, -0.1) is 0 Å². The van der Waals surface area contributed by atoms with Gasteiger partial charge in [0.2, 0.25) is 5.91 Å². The summed E-state index contributed by atoms with van der Waals surface area (Å²) in [5.74, 6) is 1.11. The van der Waals surface area contributed by atoms with Crippen molar-refractivity contribution >= 4 is 23.4 Å². The van der Waals surface area contributed by atoms with Gasteiger partial charge in [0.25, 0.3) is 5.69 Å². The zero-order valence-corrected chi connectivity index (χ0v) is 14.5. The molecule has 2 N–H and O–H groups in total. The third-order valence-electron chi connectivity index (χ3n) is 3.83. The lowest BCUT2D eigenvalue weighted by Crippen LogP contribution is -2.27. The molecule has 1 aliphatic heterocycles. The van der Waals surface area contributed by atoms with Gasteiger partial charge in [-0.3, -0.25) is 14.9 Å². The maximum absolute atomic E-state index is 11.9. The first-order valence-corrected chi connectivity index (χ1v) is 8.46. The van der Waals surface area contributed by atoms with Crippen LogP contribution in [0.1, 0.15) is 5.56 Å². The summed E-state index contributed by atoms with van der Waals surface area (Å²) in [6.45, 7) is 1.74. The van der Waals surface area contributed by atoms with E-state index in [9.17, 15) is 14.9 Å². The highest BCUT2D eigenvalue weighted by molar-refractivity contribution is 5.91. The van der Waals surface area contributed by atoms with Crippen LogP contribution in [0.3, 0.4) is 0 Å². The molecule has 140 valence electrons. The predicted octanol–water partition coefficient (Wildman–Crippen LogP) is 2.61. The van der Waals surface area contributed by atoms with Crippen molar-refractivity contribution in [2.45, 2.75) is 0 Å². The Kier molecular flexibility index (Phi) is 5.88. The van der Waals surface area contributed by atoms with Crippen molar-refractivity contribution in [2.75, 3.05) is 31.6 Å². The van der Waals surface area contributed by atoms with Gasteiger partial charge in [0.15, 0.2) is 11.5 Å². The Hall–Kier alpha value is -3.55. The van der Waals surface area contributed by atoms with E-state index in [1.807, 2.05) is 18.2 Å². The molecule has 27 heavy (non-hydrogen) atoms. The third-order valence-corrected chi connectivity index (χ3v) is 3.83. The minimum Gasteiger partial charge on any atom is -0.486 e. The van der Waals surface area contributed by atoms with Crippen LogP contribution in [0, 0.1) is 10.1 Å². The first-order chi connectivity index (χ1) is 13.1. The van der Waals surface area contributed by atoms with Crippen LogP contribution in [0.4, 0.5) is 11.4 Å². The molecule has 0 bridgehead atoms. The van der Waals surface area contributed by atoms with Gasteiger partial charge in [-0.25, -0.2) is 0 Å². The smallest absolute Gasteiger partial charge is 0.292 e. The van der Waals surface area contributed by atoms with Gasteiger partial charge in [-0.05, 0) is 29.8 Å². The highest BCUT2D eigenvalue weighted by Gasteiger charge is 2.12. The molecule has 1 heterocycles. The molecule has 0 unspecified atom stereocenters. The average molecular weight is 369 g/mol. The number of carbonyl (C=O) groups excluding carboxylic acids is 1. The second-order valence-corrected chi connectivity index (χ2v) is 5.73. The number of carbonyl (C=O) groups is 1. The predicted molar refractivity (Wildman–Crippen MR) is 101 cm³/mol. The fraction of sp³-hybridized carbons (Fsp3) is 0.211. The molecule has 1 amide bonds. The summed E-state index contributed by atoms with van der Waals surface area (Å²) in [6, 6.07) is 11.8. The number of nitrogens with zero attached hydrogens (tertiary/aromatic N) is 1. The molecule has 8 heteroatoms. The van der Waals surface area contributed by atoms with Crippen LogP contribution in [0.2, 0.25) is 0 Å². The van der Waals surface area contributed by atoms with Crippen LogP contribution >= 0.6 is 0 Å². The lowest BCUT2D eigenvalue weighted by Gasteiger charge is -2.18. The molecule has 0 atom stereocenters. The third kappa shape index (κ3) is 4.97. The molecular weight excluding hydrogens is 350 g/mol. The molecule has 8 nitrogen and oxygen atoms in total. The Balaban J connectivity index is 1.46. The van der Waals surface area contributed by atoms with Crippen LogP contribution in [-0.4, -0.2) is 37.1 Å². The van der Waals surface area contributed by atoms with Crippen LogP contribution < -0.4 is 20.1 Å². The van der Waals surface area contributed by atoms with Gasteiger partial charge < -0.3 is 20.1 Å². The van der Waals surface area contributed by atoms with Gasteiger partial charge in [0.05, 0.1) is 4.92 Å². The average Bonchev–Trinajstić information content (AvgIpc) is 2.69. The Morgan fingerprint density at radius 1 is 1.11 bits per heavy atom. The summed E-state index contributed by atoms with van der Waals surface area (Å²) in [4.78, 5) is 22.4. The molecule has 2 aromatic carbocycles. The van der Waals surface area contributed by atoms with Gasteiger partial charge in [0.1, 0.15) is 18.9 Å². The maximum atomic E-state index is 11.9. The monoisotopic (exact) mass is 369 g/mol. The molecule has 0 saturated heterocycles. The molecule has 0 radical (unpaired) electrons. The lowest BCUT2D eigenvalue weighted by molar-refractivity contribution is -0.384. The number of hydrogen-bond acceptors (Lipinski definition) is 6. The highest BCUT2D eigenvalue weighted by Crippen LogP contribution is 2.31. The molecule has 0 spiro atoms. The van der Waals surface area contributed by atoms with Crippen LogP contribution in [0.25, 0.3) is 6.08 Å². The summed E-state index contributed by atoms with van der Waals surface area (Å²) in [5, 5.41) is 16.6. The minimum absolute atomic E-state index is 0.00216. The van der Waals surface area contributed by atoms with E-state index in [0.29, 0.717) is 43.5 Å². The van der Waals surface area contributed by atoms with Crippen molar-refractivity contribution in [2.24, 2.45) is 0 Å². The van der Waals surface area contributed by atoms with E-state index in [-0.39, 0.29) is 11.6 Å². The Morgan fingerprint density at radius 2 is 1.89 bits per heavy atom. The second-order valence-electron chi connectivity index (χ2n) is 5.73. The van der Waals surface area contributed by atoms with Crippen LogP contribution in [0.5, 0.6) is 11.5 Å². The summed E-state index contributed by atoms with van der Waals surface area (Å²) >= 11 is 0. The van der Waals surface area contributed by atoms with E-state index in [1.165, 1.54) is 12.1 Å². The first-order valence-electron chi connectivity index (χ1n) is 8.46. The minimum atomic E-state index is -0.447. The molecule has 3 rings (SSSR count). The highest BCUT2D eigenvalue weighted by atomic mass is 16.6. The number of anilines is 1. The molecular formula is C19H19N3O5. The Morgan fingerprint density at radius 3 is 2.70 bits per heavy atom. The molecule has 0 saturated carbocycles. The standard InChI is InChI=1S/C19H19N3O5/c23-19(8-6-14-5-7-17-18(13-14)27-12-11-26-17)21-10-9-20-15-3-1-2-4-16(15)22(24)25/h1-8,13,20H,9-12H2,(H,21,23)/b8-6+. The van der Waals surface area contributed by atoms with Crippen molar-refractivity contribution in [1.82, 2.24) is 5.32 Å². The topological polar surface area (TPSA) is 103 Å². The van der Waals surface area contributed by atoms with Crippen LogP contribution in [-0.2, 0) is 4.79 Å². The van der Waals surface area contributed by atoms with E-state index in [1.54, 1.807) is 24.3 Å². The number of benzene rings is 2. The number of hydrogen-bond donors (Lipinski definition) is 2. The largest absolute Gasteiger partial charge is 0.486 e. The number of fused-ring (bicyclic) bond motifs is 1. The number of amides is 1. The van der Waals surface area contributed by atoms with E-state index in [4.69, 9.17) is 9.47 Å². The van der Waals surface area contributed by atoms with E-state index in [2.05, 4.69) is 10.6 Å².